The van der Waals surface area contributed by atoms with Gasteiger partial charge in [-0.3, -0.25) is 4.79 Å². The number of nitrogens with zero attached hydrogens (tertiary/aromatic N) is 2. The van der Waals surface area contributed by atoms with E-state index in [1.807, 2.05) is 72.5 Å². The van der Waals surface area contributed by atoms with E-state index in [1.54, 1.807) is 26.0 Å². The first kappa shape index (κ1) is 21.1. The summed E-state index contributed by atoms with van der Waals surface area (Å²) in [6.45, 7) is 2.41. The summed E-state index contributed by atoms with van der Waals surface area (Å²) in [5, 5.41) is -0.175. The Kier molecular flexibility index (Phi) is 6.32. The third-order valence-electron chi connectivity index (χ3n) is 5.04. The van der Waals surface area contributed by atoms with Crippen molar-refractivity contribution in [2.45, 2.75) is 18.8 Å². The lowest BCUT2D eigenvalue weighted by molar-refractivity contribution is -0.128. The highest BCUT2D eigenvalue weighted by Gasteiger charge is 2.36. The van der Waals surface area contributed by atoms with Crippen molar-refractivity contribution >= 4 is 17.7 Å². The standard InChI is InChI=1S/C24H24N2O4S/c1-16-6-4-9-21(25-16)30-18-12-10-17(11-13-18)14-26-22(27)15-31-24(26)23-19(28-2)7-5-8-20(23)29-3/h4-13,24H,14-15H2,1-3H3. The first-order valence-electron chi connectivity index (χ1n) is 9.91. The molecule has 1 aromatic heterocycles. The first-order chi connectivity index (χ1) is 15.1. The number of hydrogen-bond acceptors (Lipinski definition) is 6. The molecular formula is C24H24N2O4S. The Morgan fingerprint density at radius 1 is 1.00 bits per heavy atom. The molecule has 0 N–H and O–H groups in total. The van der Waals surface area contributed by atoms with E-state index in [9.17, 15) is 4.79 Å². The summed E-state index contributed by atoms with van der Waals surface area (Å²) < 4.78 is 16.9. The number of aromatic nitrogens is 1. The molecule has 0 saturated carbocycles. The highest BCUT2D eigenvalue weighted by Crippen LogP contribution is 2.47. The average molecular weight is 437 g/mol. The quantitative estimate of drug-likeness (QED) is 0.521. The summed E-state index contributed by atoms with van der Waals surface area (Å²) in [6, 6.07) is 19.1. The Balaban J connectivity index is 1.53. The minimum Gasteiger partial charge on any atom is -0.496 e. The Labute approximate surface area is 186 Å². The second-order valence-electron chi connectivity index (χ2n) is 7.12. The molecule has 0 aliphatic carbocycles. The number of pyridine rings is 1. The van der Waals surface area contributed by atoms with Crippen LogP contribution in [0.15, 0.2) is 60.7 Å². The van der Waals surface area contributed by atoms with E-state index >= 15 is 0 Å². The maximum absolute atomic E-state index is 12.7. The first-order valence-corrected chi connectivity index (χ1v) is 11.0. The second-order valence-corrected chi connectivity index (χ2v) is 8.19. The van der Waals surface area contributed by atoms with Crippen LogP contribution in [0.3, 0.4) is 0 Å². The molecule has 1 unspecified atom stereocenters. The molecule has 160 valence electrons. The van der Waals surface area contributed by atoms with Crippen molar-refractivity contribution < 1.29 is 19.0 Å². The lowest BCUT2D eigenvalue weighted by atomic mass is 10.1. The van der Waals surface area contributed by atoms with Crippen molar-refractivity contribution in [2.24, 2.45) is 0 Å². The van der Waals surface area contributed by atoms with Gasteiger partial charge in [0.2, 0.25) is 11.8 Å². The largest absolute Gasteiger partial charge is 0.496 e. The molecule has 1 saturated heterocycles. The second kappa shape index (κ2) is 9.31. The van der Waals surface area contributed by atoms with Gasteiger partial charge in [0.25, 0.3) is 0 Å². The fourth-order valence-corrected chi connectivity index (χ4v) is 4.78. The summed E-state index contributed by atoms with van der Waals surface area (Å²) in [5.41, 5.74) is 2.80. The van der Waals surface area contributed by atoms with E-state index < -0.39 is 0 Å². The van der Waals surface area contributed by atoms with Crippen LogP contribution < -0.4 is 14.2 Å². The molecule has 7 heteroatoms. The molecule has 0 spiro atoms. The number of methoxy groups -OCH3 is 2. The van der Waals surface area contributed by atoms with Gasteiger partial charge in [-0.25, -0.2) is 4.98 Å². The maximum atomic E-state index is 12.7. The number of thioether (sulfide) groups is 1. The van der Waals surface area contributed by atoms with Crippen LogP contribution in [-0.4, -0.2) is 35.8 Å². The van der Waals surface area contributed by atoms with Crippen LogP contribution >= 0.6 is 11.8 Å². The molecule has 0 bridgehead atoms. The zero-order chi connectivity index (χ0) is 21.8. The Bertz CT molecular complexity index is 1050. The van der Waals surface area contributed by atoms with Crippen molar-refractivity contribution in [1.29, 1.82) is 0 Å². The smallest absolute Gasteiger partial charge is 0.234 e. The highest BCUT2D eigenvalue weighted by atomic mass is 32.2. The molecule has 2 heterocycles. The normalized spacial score (nSPS) is 15.8. The van der Waals surface area contributed by atoms with E-state index in [0.717, 1.165) is 16.8 Å². The Morgan fingerprint density at radius 2 is 1.68 bits per heavy atom. The summed E-state index contributed by atoms with van der Waals surface area (Å²) in [5.74, 6) is 3.20. The lowest BCUT2D eigenvalue weighted by Crippen LogP contribution is -2.28. The van der Waals surface area contributed by atoms with Crippen LogP contribution in [0, 0.1) is 6.92 Å². The summed E-state index contributed by atoms with van der Waals surface area (Å²) in [4.78, 5) is 18.9. The average Bonchev–Trinajstić information content (AvgIpc) is 3.14. The molecule has 4 rings (SSSR count). The van der Waals surface area contributed by atoms with Gasteiger partial charge in [-0.1, -0.05) is 24.3 Å². The number of carbonyl (C=O) groups is 1. The molecule has 3 aromatic rings. The number of benzene rings is 2. The van der Waals surface area contributed by atoms with Gasteiger partial charge in [0.1, 0.15) is 22.6 Å². The van der Waals surface area contributed by atoms with E-state index in [-0.39, 0.29) is 11.3 Å². The third-order valence-corrected chi connectivity index (χ3v) is 6.26. The van der Waals surface area contributed by atoms with Crippen molar-refractivity contribution in [3.8, 4) is 23.1 Å². The number of amides is 1. The van der Waals surface area contributed by atoms with E-state index in [4.69, 9.17) is 14.2 Å². The van der Waals surface area contributed by atoms with Crippen LogP contribution in [0.4, 0.5) is 0 Å². The van der Waals surface area contributed by atoms with Crippen molar-refractivity contribution in [3.05, 3.63) is 77.5 Å². The molecule has 1 aliphatic heterocycles. The number of aryl methyl sites for hydroxylation is 1. The predicted octanol–water partition coefficient (Wildman–Crippen LogP) is 4.97. The zero-order valence-electron chi connectivity index (χ0n) is 17.7. The lowest BCUT2D eigenvalue weighted by Gasteiger charge is -2.27. The van der Waals surface area contributed by atoms with Crippen molar-refractivity contribution in [2.75, 3.05) is 20.0 Å². The van der Waals surface area contributed by atoms with Crippen molar-refractivity contribution in [1.82, 2.24) is 9.88 Å². The molecule has 1 fully saturated rings. The number of carbonyl (C=O) groups excluding carboxylic acids is 1. The van der Waals surface area contributed by atoms with Gasteiger partial charge < -0.3 is 19.1 Å². The van der Waals surface area contributed by atoms with Crippen LogP contribution in [0.1, 0.15) is 22.2 Å². The SMILES string of the molecule is COc1cccc(OC)c1C1SCC(=O)N1Cc1ccc(Oc2cccc(C)n2)cc1. The summed E-state index contributed by atoms with van der Waals surface area (Å²) >= 11 is 1.58. The molecular weight excluding hydrogens is 412 g/mol. The number of hydrogen-bond donors (Lipinski definition) is 0. The van der Waals surface area contributed by atoms with Gasteiger partial charge in [-0.2, -0.15) is 0 Å². The van der Waals surface area contributed by atoms with Gasteiger partial charge in [0.15, 0.2) is 0 Å². The molecule has 1 aliphatic rings. The minimum atomic E-state index is -0.175. The number of ether oxygens (including phenoxy) is 3. The maximum Gasteiger partial charge on any atom is 0.234 e. The summed E-state index contributed by atoms with van der Waals surface area (Å²) in [6.07, 6.45) is 0. The summed E-state index contributed by atoms with van der Waals surface area (Å²) in [7, 11) is 3.26. The molecule has 2 aromatic carbocycles. The monoisotopic (exact) mass is 436 g/mol. The van der Waals surface area contributed by atoms with Crippen molar-refractivity contribution in [3.63, 3.8) is 0 Å². The predicted molar refractivity (Wildman–Crippen MR) is 121 cm³/mol. The molecule has 1 amide bonds. The van der Waals surface area contributed by atoms with E-state index in [2.05, 4.69) is 4.98 Å². The fourth-order valence-electron chi connectivity index (χ4n) is 3.54. The molecule has 6 nitrogen and oxygen atoms in total. The topological polar surface area (TPSA) is 60.9 Å². The van der Waals surface area contributed by atoms with Gasteiger partial charge in [0.05, 0.1) is 25.5 Å². The van der Waals surface area contributed by atoms with Gasteiger partial charge >= 0.3 is 0 Å². The van der Waals surface area contributed by atoms with Crippen LogP contribution in [0.25, 0.3) is 0 Å². The Morgan fingerprint density at radius 3 is 2.32 bits per heavy atom. The fraction of sp³-hybridized carbons (Fsp3) is 0.250. The minimum absolute atomic E-state index is 0.0900. The highest BCUT2D eigenvalue weighted by molar-refractivity contribution is 8.00. The van der Waals surface area contributed by atoms with Crippen LogP contribution in [0.5, 0.6) is 23.1 Å². The molecule has 31 heavy (non-hydrogen) atoms. The van der Waals surface area contributed by atoms with Gasteiger partial charge in [-0.05, 0) is 42.8 Å². The van der Waals surface area contributed by atoms with Gasteiger partial charge in [-0.15, -0.1) is 11.8 Å². The third kappa shape index (κ3) is 4.61. The molecule has 1 atom stereocenters. The molecule has 0 radical (unpaired) electrons. The van der Waals surface area contributed by atoms with E-state index in [0.29, 0.717) is 35.4 Å². The van der Waals surface area contributed by atoms with E-state index in [1.165, 1.54) is 0 Å². The van der Waals surface area contributed by atoms with Crippen LogP contribution in [-0.2, 0) is 11.3 Å². The van der Waals surface area contributed by atoms with Gasteiger partial charge in [0, 0.05) is 18.3 Å². The number of rotatable bonds is 7. The van der Waals surface area contributed by atoms with Crippen LogP contribution in [0.2, 0.25) is 0 Å². The zero-order valence-corrected chi connectivity index (χ0v) is 18.5. The Hall–Kier alpha value is -3.19.